The van der Waals surface area contributed by atoms with Crippen molar-refractivity contribution in [2.45, 2.75) is 31.7 Å². The summed E-state index contributed by atoms with van der Waals surface area (Å²) >= 11 is 0. The van der Waals surface area contributed by atoms with Gasteiger partial charge in [0.25, 0.3) is 0 Å². The van der Waals surface area contributed by atoms with Gasteiger partial charge in [0.1, 0.15) is 0 Å². The Morgan fingerprint density at radius 2 is 1.92 bits per heavy atom. The third kappa shape index (κ3) is 2.23. The molecule has 0 aromatic carbocycles. The van der Waals surface area contributed by atoms with Crippen LogP contribution in [0.3, 0.4) is 0 Å². The molecule has 1 aliphatic heterocycles. The number of rotatable bonds is 1. The first-order valence-corrected chi connectivity index (χ1v) is 6.93. The average Bonchev–Trinajstić information content (AvgIpc) is 2.07. The molecule has 1 N–H and O–H groups in total. The summed E-state index contributed by atoms with van der Waals surface area (Å²) in [6, 6.07) is 0.251. The zero-order valence-corrected chi connectivity index (χ0v) is 8.65. The van der Waals surface area contributed by atoms with Crippen molar-refractivity contribution in [1.82, 2.24) is 5.32 Å². The molecule has 0 aromatic rings. The topological polar surface area (TPSA) is 46.2 Å². The van der Waals surface area contributed by atoms with E-state index in [2.05, 4.69) is 5.32 Å². The van der Waals surface area contributed by atoms with Gasteiger partial charge in [-0.2, -0.15) is 0 Å². The minimum atomic E-state index is -2.75. The van der Waals surface area contributed by atoms with Crippen molar-refractivity contribution in [3.8, 4) is 0 Å². The van der Waals surface area contributed by atoms with E-state index in [-0.39, 0.29) is 6.04 Å². The van der Waals surface area contributed by atoms with Crippen molar-refractivity contribution in [2.75, 3.05) is 18.1 Å². The first-order valence-electron chi connectivity index (χ1n) is 5.11. The Morgan fingerprint density at radius 1 is 1.15 bits per heavy atom. The van der Waals surface area contributed by atoms with Gasteiger partial charge in [-0.05, 0) is 31.7 Å². The molecule has 0 bridgehead atoms. The molecule has 2 fully saturated rings. The molecule has 3 nitrogen and oxygen atoms in total. The van der Waals surface area contributed by atoms with Crippen LogP contribution in [0.2, 0.25) is 0 Å². The van der Waals surface area contributed by atoms with Gasteiger partial charge in [-0.25, -0.2) is 8.42 Å². The van der Waals surface area contributed by atoms with Crippen LogP contribution in [0.15, 0.2) is 0 Å². The first kappa shape index (κ1) is 9.46. The summed E-state index contributed by atoms with van der Waals surface area (Å²) in [5, 5.41) is 3.36. The van der Waals surface area contributed by atoms with Crippen LogP contribution in [0.25, 0.3) is 0 Å². The van der Waals surface area contributed by atoms with Gasteiger partial charge >= 0.3 is 0 Å². The van der Waals surface area contributed by atoms with E-state index in [4.69, 9.17) is 0 Å². The summed E-state index contributed by atoms with van der Waals surface area (Å²) < 4.78 is 23.0. The number of hydrogen-bond donors (Lipinski definition) is 1. The molecule has 76 valence electrons. The van der Waals surface area contributed by atoms with Crippen LogP contribution in [-0.2, 0) is 9.84 Å². The maximum Gasteiger partial charge on any atom is 0.151 e. The normalized spacial score (nSPS) is 34.9. The molecule has 2 rings (SSSR count). The van der Waals surface area contributed by atoms with Gasteiger partial charge in [-0.1, -0.05) is 6.42 Å². The predicted molar refractivity (Wildman–Crippen MR) is 52.4 cm³/mol. The quantitative estimate of drug-likeness (QED) is 0.677. The van der Waals surface area contributed by atoms with E-state index in [0.717, 1.165) is 13.0 Å². The Labute approximate surface area is 79.8 Å². The van der Waals surface area contributed by atoms with E-state index in [1.54, 1.807) is 0 Å². The van der Waals surface area contributed by atoms with Crippen LogP contribution in [0.5, 0.6) is 0 Å². The summed E-state index contributed by atoms with van der Waals surface area (Å²) in [6.45, 7) is 0.875. The molecule has 13 heavy (non-hydrogen) atoms. The third-order valence-electron chi connectivity index (χ3n) is 3.19. The fourth-order valence-electron chi connectivity index (χ4n) is 2.14. The van der Waals surface area contributed by atoms with E-state index in [1.165, 1.54) is 19.3 Å². The molecular weight excluding hydrogens is 186 g/mol. The minimum Gasteiger partial charge on any atom is -0.313 e. The smallest absolute Gasteiger partial charge is 0.151 e. The SMILES string of the molecule is O=S1(=O)CCCNC(C2CCC2)C1. The van der Waals surface area contributed by atoms with E-state index >= 15 is 0 Å². The fraction of sp³-hybridized carbons (Fsp3) is 1.00. The van der Waals surface area contributed by atoms with Crippen LogP contribution >= 0.6 is 0 Å². The van der Waals surface area contributed by atoms with Crippen molar-refractivity contribution in [2.24, 2.45) is 5.92 Å². The summed E-state index contributed by atoms with van der Waals surface area (Å²) in [5.74, 6) is 1.38. The summed E-state index contributed by atoms with van der Waals surface area (Å²) in [6.07, 6.45) is 4.49. The molecule has 1 atom stereocenters. The van der Waals surface area contributed by atoms with Crippen molar-refractivity contribution in [1.29, 1.82) is 0 Å². The van der Waals surface area contributed by atoms with Crippen molar-refractivity contribution in [3.05, 3.63) is 0 Å². The van der Waals surface area contributed by atoms with E-state index in [9.17, 15) is 8.42 Å². The summed E-state index contributed by atoms with van der Waals surface area (Å²) in [4.78, 5) is 0. The van der Waals surface area contributed by atoms with Crippen molar-refractivity contribution in [3.63, 3.8) is 0 Å². The molecule has 1 unspecified atom stereocenters. The predicted octanol–water partition coefficient (Wildman–Crippen LogP) is 0.563. The molecule has 0 aromatic heterocycles. The van der Waals surface area contributed by atoms with Crippen LogP contribution in [-0.4, -0.2) is 32.5 Å². The second kappa shape index (κ2) is 3.58. The van der Waals surface area contributed by atoms with Gasteiger partial charge in [0.2, 0.25) is 0 Å². The van der Waals surface area contributed by atoms with Crippen LogP contribution < -0.4 is 5.32 Å². The average molecular weight is 203 g/mol. The van der Waals surface area contributed by atoms with Gasteiger partial charge in [-0.15, -0.1) is 0 Å². The Hall–Kier alpha value is -0.0900. The van der Waals surface area contributed by atoms with Crippen LogP contribution in [0.4, 0.5) is 0 Å². The molecule has 1 heterocycles. The minimum absolute atomic E-state index is 0.251. The number of nitrogens with one attached hydrogen (secondary N) is 1. The summed E-state index contributed by atoms with van der Waals surface area (Å²) in [7, 11) is -2.75. The number of hydrogen-bond acceptors (Lipinski definition) is 3. The molecule has 0 spiro atoms. The lowest BCUT2D eigenvalue weighted by Gasteiger charge is -2.33. The Bertz CT molecular complexity index is 269. The third-order valence-corrected chi connectivity index (χ3v) is 4.97. The van der Waals surface area contributed by atoms with Crippen LogP contribution in [0.1, 0.15) is 25.7 Å². The molecule has 4 heteroatoms. The van der Waals surface area contributed by atoms with Gasteiger partial charge in [0.05, 0.1) is 11.5 Å². The van der Waals surface area contributed by atoms with Crippen molar-refractivity contribution < 1.29 is 8.42 Å². The molecule has 2 aliphatic rings. The molecule has 0 amide bonds. The highest BCUT2D eigenvalue weighted by molar-refractivity contribution is 7.91. The lowest BCUT2D eigenvalue weighted by Crippen LogP contribution is -2.42. The van der Waals surface area contributed by atoms with Crippen molar-refractivity contribution >= 4 is 9.84 Å². The highest BCUT2D eigenvalue weighted by Crippen LogP contribution is 2.30. The highest BCUT2D eigenvalue weighted by Gasteiger charge is 2.31. The second-order valence-corrected chi connectivity index (χ2v) is 6.45. The Kier molecular flexibility index (Phi) is 2.60. The lowest BCUT2D eigenvalue weighted by atomic mass is 9.80. The van der Waals surface area contributed by atoms with Gasteiger partial charge < -0.3 is 5.32 Å². The van der Waals surface area contributed by atoms with Gasteiger partial charge in [0.15, 0.2) is 9.84 Å². The second-order valence-electron chi connectivity index (χ2n) is 4.22. The molecule has 1 aliphatic carbocycles. The van der Waals surface area contributed by atoms with Gasteiger partial charge in [0, 0.05) is 6.04 Å². The molecule has 1 saturated carbocycles. The zero-order chi connectivity index (χ0) is 9.31. The zero-order valence-electron chi connectivity index (χ0n) is 7.83. The Morgan fingerprint density at radius 3 is 2.54 bits per heavy atom. The van der Waals surface area contributed by atoms with Crippen LogP contribution in [0, 0.1) is 5.92 Å². The monoisotopic (exact) mass is 203 g/mol. The summed E-state index contributed by atoms with van der Waals surface area (Å²) in [5.41, 5.74) is 0. The maximum atomic E-state index is 11.5. The largest absolute Gasteiger partial charge is 0.313 e. The van der Waals surface area contributed by atoms with E-state index in [1.807, 2.05) is 0 Å². The maximum absolute atomic E-state index is 11.5. The highest BCUT2D eigenvalue weighted by atomic mass is 32.2. The molecular formula is C9H17NO2S. The fourth-order valence-corrected chi connectivity index (χ4v) is 3.83. The lowest BCUT2D eigenvalue weighted by molar-refractivity contribution is 0.245. The number of sulfone groups is 1. The first-order chi connectivity index (χ1) is 6.17. The van der Waals surface area contributed by atoms with Gasteiger partial charge in [-0.3, -0.25) is 0 Å². The van der Waals surface area contributed by atoms with E-state index in [0.29, 0.717) is 17.4 Å². The Balaban J connectivity index is 2.02. The molecule has 0 radical (unpaired) electrons. The molecule has 1 saturated heterocycles. The standard InChI is InChI=1S/C9H17NO2S/c11-13(12)6-2-5-10-9(7-13)8-3-1-4-8/h8-10H,1-7H2. The van der Waals surface area contributed by atoms with E-state index < -0.39 is 9.84 Å².